The maximum Gasteiger partial charge on any atom is 0.168 e. The number of hydrogen-bond acceptors (Lipinski definition) is 4. The Kier molecular flexibility index (Phi) is 5.06. The summed E-state index contributed by atoms with van der Waals surface area (Å²) < 4.78 is 5.80. The molecule has 0 radical (unpaired) electrons. The molecule has 0 aromatic heterocycles. The molecule has 0 amide bonds. The number of hydroxylamine groups is 2. The van der Waals surface area contributed by atoms with E-state index in [9.17, 15) is 0 Å². The predicted molar refractivity (Wildman–Crippen MR) is 82.6 cm³/mol. The van der Waals surface area contributed by atoms with Gasteiger partial charge in [-0.2, -0.15) is 4.84 Å². The van der Waals surface area contributed by atoms with Crippen molar-refractivity contribution >= 4 is 6.21 Å². The van der Waals surface area contributed by atoms with Crippen LogP contribution in [0.2, 0.25) is 0 Å². The summed E-state index contributed by atoms with van der Waals surface area (Å²) in [7, 11) is 0. The number of allylic oxidation sites excluding steroid dienone is 2. The lowest BCUT2D eigenvalue weighted by Gasteiger charge is -2.37. The van der Waals surface area contributed by atoms with Crippen molar-refractivity contribution in [2.75, 3.05) is 39.5 Å². The van der Waals surface area contributed by atoms with Crippen LogP contribution < -0.4 is 0 Å². The molecule has 1 saturated carbocycles. The highest BCUT2D eigenvalue weighted by atomic mass is 16.7. The zero-order valence-electron chi connectivity index (χ0n) is 13.2. The second kappa shape index (κ2) is 7.01. The average molecular weight is 294 g/mol. The quantitative estimate of drug-likeness (QED) is 0.730. The van der Waals surface area contributed by atoms with E-state index in [-0.39, 0.29) is 0 Å². The first-order valence-electron chi connectivity index (χ1n) is 8.38. The Hall–Kier alpha value is -0.750. The SMILES string of the molecule is CC1=CC=N[N+]1(OCCN1CCOCC1)C1CCCCC1. The molecular formula is C16H28N3O2+. The van der Waals surface area contributed by atoms with Crippen LogP contribution in [0.5, 0.6) is 0 Å². The highest BCUT2D eigenvalue weighted by Gasteiger charge is 2.45. The van der Waals surface area contributed by atoms with Crippen LogP contribution in [-0.4, -0.2) is 61.4 Å². The van der Waals surface area contributed by atoms with E-state index >= 15 is 0 Å². The molecule has 2 fully saturated rings. The number of nitrogens with zero attached hydrogens (tertiary/aromatic N) is 3. The van der Waals surface area contributed by atoms with E-state index < -0.39 is 0 Å². The molecule has 1 unspecified atom stereocenters. The maximum atomic E-state index is 6.33. The van der Waals surface area contributed by atoms with Crippen molar-refractivity contribution in [1.82, 2.24) is 4.90 Å². The molecule has 5 heteroatoms. The molecule has 2 heterocycles. The van der Waals surface area contributed by atoms with E-state index in [0.29, 0.717) is 10.8 Å². The number of morpholine rings is 1. The Labute approximate surface area is 127 Å². The Morgan fingerprint density at radius 2 is 2.05 bits per heavy atom. The van der Waals surface area contributed by atoms with E-state index in [1.165, 1.54) is 37.8 Å². The van der Waals surface area contributed by atoms with Gasteiger partial charge in [-0.3, -0.25) is 4.90 Å². The second-order valence-corrected chi connectivity index (χ2v) is 6.27. The van der Waals surface area contributed by atoms with Crippen molar-refractivity contribution in [2.24, 2.45) is 5.10 Å². The van der Waals surface area contributed by atoms with Gasteiger partial charge in [0.25, 0.3) is 0 Å². The first-order valence-corrected chi connectivity index (χ1v) is 8.38. The standard InChI is InChI=1S/C16H28N3O2/c1-15-7-8-17-19(15,16-5-3-2-4-6-16)21-14-11-18-9-12-20-13-10-18/h7-8,16H,2-6,9-14H2,1H3/q+1. The molecule has 1 saturated heterocycles. The van der Waals surface area contributed by atoms with Crippen LogP contribution in [-0.2, 0) is 9.57 Å². The van der Waals surface area contributed by atoms with Crippen molar-refractivity contribution < 1.29 is 14.3 Å². The van der Waals surface area contributed by atoms with Crippen molar-refractivity contribution in [3.8, 4) is 0 Å². The number of hydrogen-bond donors (Lipinski definition) is 0. The van der Waals surface area contributed by atoms with Crippen molar-refractivity contribution in [1.29, 1.82) is 0 Å². The summed E-state index contributed by atoms with van der Waals surface area (Å²) in [5.41, 5.74) is 1.23. The maximum absolute atomic E-state index is 6.33. The topological polar surface area (TPSA) is 34.1 Å². The van der Waals surface area contributed by atoms with E-state index in [2.05, 4.69) is 17.9 Å². The molecule has 0 aromatic rings. The average Bonchev–Trinajstić information content (AvgIpc) is 2.91. The van der Waals surface area contributed by atoms with Crippen molar-refractivity contribution in [2.45, 2.75) is 45.1 Å². The highest BCUT2D eigenvalue weighted by molar-refractivity contribution is 5.72. The van der Waals surface area contributed by atoms with Crippen LogP contribution in [0.3, 0.4) is 0 Å². The fourth-order valence-corrected chi connectivity index (χ4v) is 3.63. The third-order valence-electron chi connectivity index (χ3n) is 4.93. The third-order valence-corrected chi connectivity index (χ3v) is 4.93. The molecule has 3 aliphatic rings. The van der Waals surface area contributed by atoms with Gasteiger partial charge in [-0.15, -0.1) is 0 Å². The molecule has 5 nitrogen and oxygen atoms in total. The lowest BCUT2D eigenvalue weighted by atomic mass is 9.94. The Morgan fingerprint density at radius 3 is 2.71 bits per heavy atom. The molecular weight excluding hydrogens is 266 g/mol. The van der Waals surface area contributed by atoms with Gasteiger partial charge >= 0.3 is 0 Å². The smallest absolute Gasteiger partial charge is 0.168 e. The molecule has 0 spiro atoms. The fourth-order valence-electron chi connectivity index (χ4n) is 3.63. The summed E-state index contributed by atoms with van der Waals surface area (Å²) in [6, 6.07) is 0.499. The lowest BCUT2D eigenvalue weighted by Crippen LogP contribution is -2.50. The largest absolute Gasteiger partial charge is 0.379 e. The van der Waals surface area contributed by atoms with E-state index in [1.807, 2.05) is 6.21 Å². The fraction of sp³-hybridized carbons (Fsp3) is 0.812. The summed E-state index contributed by atoms with van der Waals surface area (Å²) in [4.78, 5) is 8.75. The molecule has 1 atom stereocenters. The summed E-state index contributed by atoms with van der Waals surface area (Å²) in [5.74, 6) is 0. The molecule has 3 rings (SSSR count). The Morgan fingerprint density at radius 1 is 1.29 bits per heavy atom. The molecule has 0 N–H and O–H groups in total. The minimum absolute atomic E-state index is 0.407. The number of rotatable bonds is 5. The van der Waals surface area contributed by atoms with E-state index in [0.717, 1.165) is 39.5 Å². The van der Waals surface area contributed by atoms with Gasteiger partial charge in [0, 0.05) is 45.5 Å². The normalized spacial score (nSPS) is 31.6. The lowest BCUT2D eigenvalue weighted by molar-refractivity contribution is -1.10. The van der Waals surface area contributed by atoms with Gasteiger partial charge in [0.15, 0.2) is 11.7 Å². The van der Waals surface area contributed by atoms with Crippen LogP contribution in [0.15, 0.2) is 16.9 Å². The Balaban J connectivity index is 1.58. The predicted octanol–water partition coefficient (Wildman–Crippen LogP) is 2.30. The zero-order chi connectivity index (χ0) is 14.5. The van der Waals surface area contributed by atoms with Crippen LogP contribution in [0.4, 0.5) is 0 Å². The van der Waals surface area contributed by atoms with Crippen LogP contribution in [0, 0.1) is 0 Å². The van der Waals surface area contributed by atoms with Crippen LogP contribution >= 0.6 is 0 Å². The van der Waals surface area contributed by atoms with Gasteiger partial charge in [0.1, 0.15) is 6.61 Å². The monoisotopic (exact) mass is 294 g/mol. The minimum Gasteiger partial charge on any atom is -0.379 e. The van der Waals surface area contributed by atoms with Gasteiger partial charge in [0.2, 0.25) is 0 Å². The van der Waals surface area contributed by atoms with Crippen LogP contribution in [0.1, 0.15) is 39.0 Å². The first-order chi connectivity index (χ1) is 10.3. The van der Waals surface area contributed by atoms with Crippen LogP contribution in [0.25, 0.3) is 0 Å². The summed E-state index contributed by atoms with van der Waals surface area (Å²) in [6.07, 6.45) is 10.4. The summed E-state index contributed by atoms with van der Waals surface area (Å²) in [5, 5.41) is 4.71. The van der Waals surface area contributed by atoms with Gasteiger partial charge in [-0.1, -0.05) is 6.42 Å². The van der Waals surface area contributed by atoms with Gasteiger partial charge in [0.05, 0.1) is 19.4 Å². The van der Waals surface area contributed by atoms with Gasteiger partial charge in [-0.25, -0.2) is 0 Å². The van der Waals surface area contributed by atoms with Gasteiger partial charge in [-0.05, 0) is 22.7 Å². The second-order valence-electron chi connectivity index (χ2n) is 6.27. The highest BCUT2D eigenvalue weighted by Crippen LogP contribution is 2.35. The zero-order valence-corrected chi connectivity index (χ0v) is 13.2. The summed E-state index contributed by atoms with van der Waals surface area (Å²) >= 11 is 0. The van der Waals surface area contributed by atoms with Crippen molar-refractivity contribution in [3.63, 3.8) is 0 Å². The molecule has 0 aromatic carbocycles. The third kappa shape index (κ3) is 3.37. The molecule has 1 aliphatic carbocycles. The number of ether oxygens (including phenoxy) is 1. The van der Waals surface area contributed by atoms with E-state index in [4.69, 9.17) is 14.7 Å². The minimum atomic E-state index is 0.407. The first kappa shape index (κ1) is 15.2. The molecule has 118 valence electrons. The van der Waals surface area contributed by atoms with Gasteiger partial charge < -0.3 is 4.74 Å². The summed E-state index contributed by atoms with van der Waals surface area (Å²) in [6.45, 7) is 7.59. The molecule has 2 aliphatic heterocycles. The molecule has 0 bridgehead atoms. The molecule has 21 heavy (non-hydrogen) atoms. The Bertz CT molecular complexity index is 398. The van der Waals surface area contributed by atoms with Crippen molar-refractivity contribution in [3.05, 3.63) is 11.8 Å². The number of quaternary nitrogens is 1. The van der Waals surface area contributed by atoms with E-state index in [1.54, 1.807) is 0 Å².